The van der Waals surface area contributed by atoms with E-state index in [-0.39, 0.29) is 11.9 Å². The van der Waals surface area contributed by atoms with Gasteiger partial charge < -0.3 is 13.9 Å². The number of rotatable bonds is 7. The summed E-state index contributed by atoms with van der Waals surface area (Å²) >= 11 is 13.5. The minimum absolute atomic E-state index is 0.0672. The lowest BCUT2D eigenvalue weighted by atomic mass is 9.98. The summed E-state index contributed by atoms with van der Waals surface area (Å²) < 4.78 is 12.3. The zero-order chi connectivity index (χ0) is 34.9. The van der Waals surface area contributed by atoms with Gasteiger partial charge in [-0.1, -0.05) is 35.3 Å². The highest BCUT2D eigenvalue weighted by atomic mass is 35.5. The fourth-order valence-electron chi connectivity index (χ4n) is 7.57. The normalized spacial score (nSPS) is 14.6. The number of amides is 1. The first-order chi connectivity index (χ1) is 23.4. The van der Waals surface area contributed by atoms with Crippen molar-refractivity contribution in [2.75, 3.05) is 18.1 Å². The molecule has 0 radical (unpaired) electrons. The lowest BCUT2D eigenvalue weighted by Crippen LogP contribution is -2.43. The van der Waals surface area contributed by atoms with Crippen LogP contribution in [0.4, 0.5) is 5.82 Å². The van der Waals surface area contributed by atoms with Crippen molar-refractivity contribution >= 4 is 56.7 Å². The first kappa shape index (κ1) is 32.8. The second-order valence-electron chi connectivity index (χ2n) is 13.2. The Morgan fingerprint density at radius 2 is 1.73 bits per heavy atom. The number of nitriles is 1. The van der Waals surface area contributed by atoms with Gasteiger partial charge in [-0.3, -0.25) is 14.4 Å². The number of carbonyl (C=O) groups excluding carboxylic acids is 1. The molecular weight excluding hydrogens is 655 g/mol. The van der Waals surface area contributed by atoms with E-state index >= 15 is 0 Å². The topological polar surface area (TPSA) is 81.0 Å². The van der Waals surface area contributed by atoms with Gasteiger partial charge in [-0.2, -0.15) is 10.4 Å². The van der Waals surface area contributed by atoms with Crippen molar-refractivity contribution < 1.29 is 9.53 Å². The molecule has 0 unspecified atom stereocenters. The van der Waals surface area contributed by atoms with Gasteiger partial charge in [0.15, 0.2) is 0 Å². The first-order valence-corrected chi connectivity index (χ1v) is 17.2. The Balaban J connectivity index is 1.36. The number of fused-ring (bicyclic) bond motifs is 4. The van der Waals surface area contributed by atoms with Crippen LogP contribution < -0.4 is 9.64 Å². The molecule has 49 heavy (non-hydrogen) atoms. The van der Waals surface area contributed by atoms with E-state index in [0.29, 0.717) is 42.3 Å². The third-order valence-electron chi connectivity index (χ3n) is 9.99. The first-order valence-electron chi connectivity index (χ1n) is 16.5. The summed E-state index contributed by atoms with van der Waals surface area (Å²) in [6.07, 6.45) is 1.33. The summed E-state index contributed by atoms with van der Waals surface area (Å²) in [5, 5.41) is 17.6. The number of halogens is 2. The van der Waals surface area contributed by atoms with Crippen LogP contribution in [-0.2, 0) is 20.5 Å². The van der Waals surface area contributed by atoms with Gasteiger partial charge in [0.25, 0.3) is 5.91 Å². The van der Waals surface area contributed by atoms with E-state index in [2.05, 4.69) is 30.6 Å². The smallest absolute Gasteiger partial charge is 0.276 e. The molecule has 4 heterocycles. The van der Waals surface area contributed by atoms with Gasteiger partial charge >= 0.3 is 0 Å². The molecule has 250 valence electrons. The van der Waals surface area contributed by atoms with Crippen molar-refractivity contribution in [3.63, 3.8) is 0 Å². The molecule has 1 aliphatic heterocycles. The minimum Gasteiger partial charge on any atom is -0.494 e. The van der Waals surface area contributed by atoms with Crippen molar-refractivity contribution in [3.8, 4) is 22.9 Å². The Morgan fingerprint density at radius 1 is 1.00 bits per heavy atom. The Hall–Kier alpha value is -4.71. The van der Waals surface area contributed by atoms with Gasteiger partial charge in [-0.15, -0.1) is 0 Å². The maximum atomic E-state index is 14.9. The summed E-state index contributed by atoms with van der Waals surface area (Å²) in [5.41, 5.74) is 9.83. The monoisotopic (exact) mass is 692 g/mol. The van der Waals surface area contributed by atoms with E-state index < -0.39 is 0 Å². The molecule has 7 rings (SSSR count). The molecule has 0 N–H and O–H groups in total. The molecule has 10 heteroatoms. The van der Waals surface area contributed by atoms with Crippen molar-refractivity contribution in [3.05, 3.63) is 97.9 Å². The van der Waals surface area contributed by atoms with Crippen LogP contribution in [0.1, 0.15) is 63.5 Å². The Kier molecular flexibility index (Phi) is 8.25. The predicted molar refractivity (Wildman–Crippen MR) is 197 cm³/mol. The van der Waals surface area contributed by atoms with Gasteiger partial charge in [0.1, 0.15) is 17.3 Å². The molecular formula is C39H38Cl2N6O2. The highest BCUT2D eigenvalue weighted by molar-refractivity contribution is 6.35. The number of ether oxygens (including phenoxy) is 1. The molecule has 8 nitrogen and oxygen atoms in total. The molecule has 1 aliphatic rings. The van der Waals surface area contributed by atoms with Crippen molar-refractivity contribution in [2.24, 2.45) is 14.1 Å². The number of benzene rings is 3. The van der Waals surface area contributed by atoms with E-state index in [1.165, 1.54) is 0 Å². The summed E-state index contributed by atoms with van der Waals surface area (Å²) in [6.45, 7) is 11.1. The number of aryl methyl sites for hydroxylation is 6. The fourth-order valence-corrected chi connectivity index (χ4v) is 7.93. The molecule has 6 aromatic rings. The van der Waals surface area contributed by atoms with E-state index in [1.54, 1.807) is 0 Å². The fraction of sp³-hybridized carbons (Fsp3) is 0.308. The van der Waals surface area contributed by atoms with Crippen LogP contribution in [0.5, 0.6) is 5.75 Å². The quantitative estimate of drug-likeness (QED) is 0.156. The summed E-state index contributed by atoms with van der Waals surface area (Å²) in [7, 11) is 3.89. The van der Waals surface area contributed by atoms with Crippen LogP contribution >= 0.6 is 23.2 Å². The number of aromatic nitrogens is 4. The third kappa shape index (κ3) is 5.27. The van der Waals surface area contributed by atoms with E-state index in [9.17, 15) is 10.1 Å². The SMILES string of the molecule is Cc1cc(OCCCc2c3n(c4c(-c5c(C)nn(C)c5C)c(Cl)ccc24)[C@H](C)CN(c2cc4ccc(C#N)cc4n2C)C3=O)cc(C)c1Cl. The van der Waals surface area contributed by atoms with E-state index in [1.807, 2.05) is 91.5 Å². The predicted octanol–water partition coefficient (Wildman–Crippen LogP) is 9.18. The molecule has 0 saturated heterocycles. The number of nitrogens with zero attached hydrogens (tertiary/aromatic N) is 6. The zero-order valence-corrected chi connectivity index (χ0v) is 30.3. The van der Waals surface area contributed by atoms with Crippen molar-refractivity contribution in [1.82, 2.24) is 18.9 Å². The molecule has 0 fully saturated rings. The maximum Gasteiger partial charge on any atom is 0.276 e. The van der Waals surface area contributed by atoms with Crippen molar-refractivity contribution in [2.45, 2.75) is 53.5 Å². The second kappa shape index (κ2) is 12.3. The van der Waals surface area contributed by atoms with Crippen LogP contribution in [0.2, 0.25) is 10.0 Å². The lowest BCUT2D eigenvalue weighted by Gasteiger charge is -2.34. The van der Waals surface area contributed by atoms with Crippen molar-refractivity contribution in [1.29, 1.82) is 5.26 Å². The zero-order valence-electron chi connectivity index (χ0n) is 28.8. The number of hydrogen-bond donors (Lipinski definition) is 0. The second-order valence-corrected chi connectivity index (χ2v) is 14.0. The molecule has 0 saturated carbocycles. The average molecular weight is 694 g/mol. The molecule has 1 amide bonds. The van der Waals surface area contributed by atoms with Crippen LogP contribution in [-0.4, -0.2) is 38.0 Å². The third-order valence-corrected chi connectivity index (χ3v) is 10.9. The molecule has 1 atom stereocenters. The van der Waals surface area contributed by atoms with Gasteiger partial charge in [0.05, 0.1) is 40.0 Å². The van der Waals surface area contributed by atoms with E-state index in [0.717, 1.165) is 77.6 Å². The minimum atomic E-state index is -0.0673. The van der Waals surface area contributed by atoms with Gasteiger partial charge in [0, 0.05) is 59.3 Å². The van der Waals surface area contributed by atoms with Crippen LogP contribution in [0.25, 0.3) is 32.9 Å². The Morgan fingerprint density at radius 3 is 2.41 bits per heavy atom. The van der Waals surface area contributed by atoms with Gasteiger partial charge in [-0.05, 0) is 101 Å². The maximum absolute atomic E-state index is 14.9. The summed E-state index contributed by atoms with van der Waals surface area (Å²) in [5.74, 6) is 1.51. The Bertz CT molecular complexity index is 2350. The lowest BCUT2D eigenvalue weighted by molar-refractivity contribution is 0.0956. The molecule has 0 spiro atoms. The number of hydrogen-bond acceptors (Lipinski definition) is 4. The molecule has 3 aromatic heterocycles. The molecule has 0 bridgehead atoms. The number of anilines is 1. The molecule has 3 aromatic carbocycles. The highest BCUT2D eigenvalue weighted by Gasteiger charge is 2.37. The van der Waals surface area contributed by atoms with Gasteiger partial charge in [-0.25, -0.2) is 0 Å². The van der Waals surface area contributed by atoms with Crippen LogP contribution in [0.15, 0.2) is 48.5 Å². The van der Waals surface area contributed by atoms with Gasteiger partial charge in [0.2, 0.25) is 0 Å². The Labute approximate surface area is 296 Å². The average Bonchev–Trinajstić information content (AvgIpc) is 3.67. The summed E-state index contributed by atoms with van der Waals surface area (Å²) in [4.78, 5) is 16.8. The largest absolute Gasteiger partial charge is 0.494 e. The number of carbonyl (C=O) groups is 1. The summed E-state index contributed by atoms with van der Waals surface area (Å²) in [6, 6.07) is 17.7. The molecule has 0 aliphatic carbocycles. The standard InChI is InChI=1S/C39H38Cl2N6O2/c1-21-15-28(16-22(2)36(21)41)49-14-8-9-29-30-12-13-31(40)35(34-24(4)43-45(7)25(34)5)37(30)47-23(3)20-46(39(48)38(29)47)33-18-27-11-10-26(19-42)17-32(27)44(33)6/h10-13,15-18,23H,8-9,14,20H2,1-7H3/t23-/m1/s1. The van der Waals surface area contributed by atoms with Crippen LogP contribution in [0.3, 0.4) is 0 Å². The van der Waals surface area contributed by atoms with Crippen LogP contribution in [0, 0.1) is 39.0 Å². The highest BCUT2D eigenvalue weighted by Crippen LogP contribution is 2.45. The van der Waals surface area contributed by atoms with E-state index in [4.69, 9.17) is 33.0 Å².